The van der Waals surface area contributed by atoms with Crippen LogP contribution in [0.15, 0.2) is 10.6 Å². The van der Waals surface area contributed by atoms with Gasteiger partial charge in [0.25, 0.3) is 0 Å². The molecule has 0 aliphatic carbocycles. The SMILES string of the molecule is Nc1cc(C2CCCCN2)on1. The molecule has 0 amide bonds. The highest BCUT2D eigenvalue weighted by atomic mass is 16.5. The molecule has 3 N–H and O–H groups in total. The molecule has 2 heterocycles. The lowest BCUT2D eigenvalue weighted by Crippen LogP contribution is -2.26. The van der Waals surface area contributed by atoms with Gasteiger partial charge in [-0.15, -0.1) is 0 Å². The van der Waals surface area contributed by atoms with Crippen LogP contribution in [0.2, 0.25) is 0 Å². The highest BCUT2D eigenvalue weighted by Gasteiger charge is 2.18. The van der Waals surface area contributed by atoms with Crippen molar-refractivity contribution >= 4 is 5.82 Å². The van der Waals surface area contributed by atoms with Gasteiger partial charge in [0.05, 0.1) is 6.04 Å². The number of nitrogen functional groups attached to an aromatic ring is 1. The molecule has 1 fully saturated rings. The second-order valence-corrected chi connectivity index (χ2v) is 3.16. The van der Waals surface area contributed by atoms with Gasteiger partial charge in [-0.1, -0.05) is 11.6 Å². The molecule has 1 aliphatic heterocycles. The predicted molar refractivity (Wildman–Crippen MR) is 45.5 cm³/mol. The van der Waals surface area contributed by atoms with Crippen molar-refractivity contribution in [3.8, 4) is 0 Å². The van der Waals surface area contributed by atoms with E-state index in [1.54, 1.807) is 6.07 Å². The fourth-order valence-corrected chi connectivity index (χ4v) is 1.56. The van der Waals surface area contributed by atoms with E-state index < -0.39 is 0 Å². The Morgan fingerprint density at radius 1 is 1.58 bits per heavy atom. The van der Waals surface area contributed by atoms with E-state index in [2.05, 4.69) is 10.5 Å². The van der Waals surface area contributed by atoms with E-state index in [1.165, 1.54) is 12.8 Å². The Labute approximate surface area is 71.1 Å². The van der Waals surface area contributed by atoms with Crippen LogP contribution in [0.3, 0.4) is 0 Å². The molecule has 0 spiro atoms. The number of aromatic nitrogens is 1. The van der Waals surface area contributed by atoms with Gasteiger partial charge in [0, 0.05) is 6.07 Å². The average Bonchev–Trinajstić information content (AvgIpc) is 2.54. The quantitative estimate of drug-likeness (QED) is 0.656. The summed E-state index contributed by atoms with van der Waals surface area (Å²) in [5.74, 6) is 1.34. The smallest absolute Gasteiger partial charge is 0.167 e. The molecule has 4 nitrogen and oxygen atoms in total. The van der Waals surface area contributed by atoms with Crippen molar-refractivity contribution in [2.45, 2.75) is 25.3 Å². The largest absolute Gasteiger partial charge is 0.381 e. The average molecular weight is 167 g/mol. The zero-order valence-electron chi connectivity index (χ0n) is 6.92. The molecule has 0 aromatic carbocycles. The lowest BCUT2D eigenvalue weighted by atomic mass is 10.0. The fraction of sp³-hybridized carbons (Fsp3) is 0.625. The van der Waals surface area contributed by atoms with Gasteiger partial charge in [0.1, 0.15) is 0 Å². The molecular weight excluding hydrogens is 154 g/mol. The van der Waals surface area contributed by atoms with Gasteiger partial charge in [0.2, 0.25) is 0 Å². The van der Waals surface area contributed by atoms with Gasteiger partial charge < -0.3 is 15.6 Å². The molecule has 1 aromatic heterocycles. The van der Waals surface area contributed by atoms with Gasteiger partial charge in [-0.25, -0.2) is 0 Å². The zero-order valence-corrected chi connectivity index (χ0v) is 6.92. The van der Waals surface area contributed by atoms with E-state index in [0.29, 0.717) is 11.9 Å². The molecule has 12 heavy (non-hydrogen) atoms. The number of nitrogens with zero attached hydrogens (tertiary/aromatic N) is 1. The molecule has 0 bridgehead atoms. The van der Waals surface area contributed by atoms with Crippen molar-refractivity contribution in [3.05, 3.63) is 11.8 Å². The van der Waals surface area contributed by atoms with E-state index in [4.69, 9.17) is 10.3 Å². The minimum atomic E-state index is 0.323. The Morgan fingerprint density at radius 3 is 3.08 bits per heavy atom. The first-order chi connectivity index (χ1) is 5.86. The molecule has 2 rings (SSSR count). The van der Waals surface area contributed by atoms with Crippen LogP contribution in [0.4, 0.5) is 5.82 Å². The Balaban J connectivity index is 2.08. The summed E-state index contributed by atoms with van der Waals surface area (Å²) in [4.78, 5) is 0. The summed E-state index contributed by atoms with van der Waals surface area (Å²) in [7, 11) is 0. The maximum atomic E-state index is 5.45. The summed E-state index contributed by atoms with van der Waals surface area (Å²) in [6, 6.07) is 2.12. The minimum absolute atomic E-state index is 0.323. The Morgan fingerprint density at radius 2 is 2.50 bits per heavy atom. The van der Waals surface area contributed by atoms with Crippen LogP contribution in [-0.4, -0.2) is 11.7 Å². The number of piperidine rings is 1. The highest BCUT2D eigenvalue weighted by Crippen LogP contribution is 2.23. The number of anilines is 1. The van der Waals surface area contributed by atoms with Gasteiger partial charge >= 0.3 is 0 Å². The van der Waals surface area contributed by atoms with Crippen LogP contribution in [0.1, 0.15) is 31.1 Å². The van der Waals surface area contributed by atoms with E-state index in [9.17, 15) is 0 Å². The summed E-state index contributed by atoms with van der Waals surface area (Å²) in [6.07, 6.45) is 3.62. The third kappa shape index (κ3) is 1.43. The van der Waals surface area contributed by atoms with Gasteiger partial charge in [0.15, 0.2) is 11.6 Å². The monoisotopic (exact) mass is 167 g/mol. The van der Waals surface area contributed by atoms with Crippen molar-refractivity contribution in [2.75, 3.05) is 12.3 Å². The summed E-state index contributed by atoms with van der Waals surface area (Å²) in [6.45, 7) is 1.06. The molecular formula is C8H13N3O. The van der Waals surface area contributed by atoms with Crippen molar-refractivity contribution in [2.24, 2.45) is 0 Å². The normalized spacial score (nSPS) is 24.2. The second-order valence-electron chi connectivity index (χ2n) is 3.16. The fourth-order valence-electron chi connectivity index (χ4n) is 1.56. The Hall–Kier alpha value is -1.03. The molecule has 1 aromatic rings. The molecule has 66 valence electrons. The Bertz CT molecular complexity index is 253. The first-order valence-electron chi connectivity index (χ1n) is 4.32. The number of nitrogens with one attached hydrogen (secondary N) is 1. The second kappa shape index (κ2) is 3.15. The zero-order chi connectivity index (χ0) is 8.39. The molecule has 4 heteroatoms. The minimum Gasteiger partial charge on any atom is -0.381 e. The summed E-state index contributed by atoms with van der Waals surface area (Å²) < 4.78 is 5.07. The standard InChI is InChI=1S/C8H13N3O/c9-8-5-7(12-11-8)6-3-1-2-4-10-6/h5-6,10H,1-4H2,(H2,9,11). The number of nitrogens with two attached hydrogens (primary N) is 1. The number of hydrogen-bond donors (Lipinski definition) is 2. The number of rotatable bonds is 1. The third-order valence-electron chi connectivity index (χ3n) is 2.20. The van der Waals surface area contributed by atoms with Gasteiger partial charge in [-0.05, 0) is 19.4 Å². The van der Waals surface area contributed by atoms with Crippen molar-refractivity contribution < 1.29 is 4.52 Å². The molecule has 1 atom stereocenters. The molecule has 1 unspecified atom stereocenters. The molecule has 1 aliphatic rings. The van der Waals surface area contributed by atoms with Crippen LogP contribution >= 0.6 is 0 Å². The van der Waals surface area contributed by atoms with Crippen LogP contribution in [-0.2, 0) is 0 Å². The summed E-state index contributed by atoms with van der Waals surface area (Å²) >= 11 is 0. The Kier molecular flexibility index (Phi) is 1.99. The lowest BCUT2D eigenvalue weighted by Gasteiger charge is -2.20. The third-order valence-corrected chi connectivity index (χ3v) is 2.20. The number of hydrogen-bond acceptors (Lipinski definition) is 4. The van der Waals surface area contributed by atoms with Gasteiger partial charge in [-0.2, -0.15) is 0 Å². The first kappa shape index (κ1) is 7.61. The lowest BCUT2D eigenvalue weighted by molar-refractivity contribution is 0.306. The van der Waals surface area contributed by atoms with Crippen LogP contribution < -0.4 is 11.1 Å². The predicted octanol–water partition coefficient (Wildman–Crippen LogP) is 1.07. The van der Waals surface area contributed by atoms with Crippen molar-refractivity contribution in [3.63, 3.8) is 0 Å². The van der Waals surface area contributed by atoms with Crippen LogP contribution in [0.5, 0.6) is 0 Å². The molecule has 0 radical (unpaired) electrons. The highest BCUT2D eigenvalue weighted by molar-refractivity contribution is 5.27. The summed E-state index contributed by atoms with van der Waals surface area (Å²) in [5, 5.41) is 7.01. The molecule has 1 saturated heterocycles. The van der Waals surface area contributed by atoms with E-state index in [-0.39, 0.29) is 0 Å². The maximum absolute atomic E-state index is 5.45. The van der Waals surface area contributed by atoms with Gasteiger partial charge in [-0.3, -0.25) is 0 Å². The van der Waals surface area contributed by atoms with Crippen LogP contribution in [0, 0.1) is 0 Å². The van der Waals surface area contributed by atoms with Crippen molar-refractivity contribution in [1.82, 2.24) is 10.5 Å². The van der Waals surface area contributed by atoms with Crippen molar-refractivity contribution in [1.29, 1.82) is 0 Å². The van der Waals surface area contributed by atoms with E-state index >= 15 is 0 Å². The van der Waals surface area contributed by atoms with E-state index in [1.807, 2.05) is 0 Å². The summed E-state index contributed by atoms with van der Waals surface area (Å²) in [5.41, 5.74) is 5.45. The maximum Gasteiger partial charge on any atom is 0.167 e. The van der Waals surface area contributed by atoms with E-state index in [0.717, 1.165) is 18.7 Å². The first-order valence-corrected chi connectivity index (χ1v) is 4.32. The molecule has 0 saturated carbocycles. The van der Waals surface area contributed by atoms with Crippen LogP contribution in [0.25, 0.3) is 0 Å². The topological polar surface area (TPSA) is 64.1 Å².